The van der Waals surface area contributed by atoms with Gasteiger partial charge in [-0.15, -0.1) is 0 Å². The van der Waals surface area contributed by atoms with Gasteiger partial charge in [-0.25, -0.2) is 14.2 Å². The van der Waals surface area contributed by atoms with Crippen LogP contribution in [0.5, 0.6) is 0 Å². The third-order valence-electron chi connectivity index (χ3n) is 4.34. The third kappa shape index (κ3) is 4.80. The Kier molecular flexibility index (Phi) is 7.25. The first-order valence-electron chi connectivity index (χ1n) is 9.30. The van der Waals surface area contributed by atoms with Crippen LogP contribution in [0.2, 0.25) is 0 Å². The number of carbonyl (C=O) groups excluding carboxylic acids is 1. The number of halogens is 1. The van der Waals surface area contributed by atoms with Gasteiger partial charge >= 0.3 is 12.0 Å². The molecule has 0 atom stereocenters. The maximum absolute atomic E-state index is 15.5. The first kappa shape index (κ1) is 23.4. The van der Waals surface area contributed by atoms with Gasteiger partial charge < -0.3 is 10.4 Å². The summed E-state index contributed by atoms with van der Waals surface area (Å²) in [6, 6.07) is 6.58. The fraction of sp³-hybridized carbons (Fsp3) is 0.150. The summed E-state index contributed by atoms with van der Waals surface area (Å²) in [5.74, 6) is -1.65. The molecule has 0 spiro atoms. The molecule has 4 aromatic rings. The van der Waals surface area contributed by atoms with Gasteiger partial charge in [-0.05, 0) is 25.1 Å². The van der Waals surface area contributed by atoms with Crippen molar-refractivity contribution < 1.29 is 19.1 Å². The van der Waals surface area contributed by atoms with Gasteiger partial charge in [-0.2, -0.15) is 5.10 Å². The molecule has 0 unspecified atom stereocenters. The molecule has 3 aromatic heterocycles. The number of urea groups is 1. The van der Waals surface area contributed by atoms with Gasteiger partial charge in [-0.3, -0.25) is 19.8 Å². The molecule has 3 N–H and O–H groups in total. The Hall–Kier alpha value is -3.26. The zero-order chi connectivity index (χ0) is 22.0. The quantitative estimate of drug-likeness (QED) is 0.390. The number of rotatable bonds is 6. The number of benzene rings is 1. The van der Waals surface area contributed by atoms with E-state index in [4.69, 9.17) is 5.11 Å². The van der Waals surface area contributed by atoms with E-state index in [2.05, 4.69) is 25.7 Å². The maximum Gasteiger partial charge on any atom is 0.325 e. The SMILES string of the molecule is CCNC(=O)Nc1nc2c(F)c(-c3cnn(CC(=O)O)c3)cc(-c3ccccn3)c2s1.[Li]. The normalized spacial score (nSPS) is 10.6. The molecule has 32 heavy (non-hydrogen) atoms. The van der Waals surface area contributed by atoms with Gasteiger partial charge in [0.05, 0.1) is 16.6 Å². The molecular formula is C20H17FLiN6O3S. The number of hydrogen-bond donors (Lipinski definition) is 3. The van der Waals surface area contributed by atoms with Gasteiger partial charge in [0.25, 0.3) is 0 Å². The van der Waals surface area contributed by atoms with Crippen molar-refractivity contribution in [2.24, 2.45) is 0 Å². The Morgan fingerprint density at radius 1 is 1.28 bits per heavy atom. The van der Waals surface area contributed by atoms with Crippen LogP contribution >= 0.6 is 11.3 Å². The minimum absolute atomic E-state index is 0. The molecule has 2 amide bonds. The Balaban J connectivity index is 0.00000289. The van der Waals surface area contributed by atoms with Crippen LogP contribution in [-0.2, 0) is 11.3 Å². The number of hydrogen-bond acceptors (Lipinski definition) is 6. The predicted octanol–water partition coefficient (Wildman–Crippen LogP) is 3.21. The van der Waals surface area contributed by atoms with Gasteiger partial charge in [0.15, 0.2) is 10.9 Å². The van der Waals surface area contributed by atoms with Crippen LogP contribution < -0.4 is 10.6 Å². The molecular weight excluding hydrogens is 430 g/mol. The Morgan fingerprint density at radius 2 is 2.09 bits per heavy atom. The molecule has 0 saturated carbocycles. The second-order valence-corrected chi connectivity index (χ2v) is 7.50. The fourth-order valence-electron chi connectivity index (χ4n) is 3.06. The van der Waals surface area contributed by atoms with Crippen LogP contribution in [0.4, 0.5) is 14.3 Å². The van der Waals surface area contributed by atoms with Gasteiger partial charge in [0, 0.05) is 54.5 Å². The number of pyridine rings is 1. The molecule has 0 aliphatic heterocycles. The number of aromatic nitrogens is 4. The smallest absolute Gasteiger partial charge is 0.325 e. The average molecular weight is 447 g/mol. The van der Waals surface area contributed by atoms with Crippen LogP contribution in [0.1, 0.15) is 6.92 Å². The van der Waals surface area contributed by atoms with Gasteiger partial charge in [-0.1, -0.05) is 17.4 Å². The van der Waals surface area contributed by atoms with Gasteiger partial charge in [0.2, 0.25) is 0 Å². The third-order valence-corrected chi connectivity index (χ3v) is 5.35. The topological polar surface area (TPSA) is 122 Å². The summed E-state index contributed by atoms with van der Waals surface area (Å²) in [6.07, 6.45) is 4.49. The minimum Gasteiger partial charge on any atom is -0.480 e. The summed E-state index contributed by atoms with van der Waals surface area (Å²) in [4.78, 5) is 31.5. The van der Waals surface area contributed by atoms with E-state index in [1.54, 1.807) is 31.3 Å². The van der Waals surface area contributed by atoms with E-state index in [-0.39, 0.29) is 41.6 Å². The summed E-state index contributed by atoms with van der Waals surface area (Å²) < 4.78 is 17.2. The molecule has 0 aliphatic rings. The van der Waals surface area contributed by atoms with Gasteiger partial charge in [0.1, 0.15) is 12.1 Å². The molecule has 4 rings (SSSR count). The van der Waals surface area contributed by atoms with Crippen molar-refractivity contribution in [2.45, 2.75) is 13.5 Å². The zero-order valence-electron chi connectivity index (χ0n) is 17.3. The maximum atomic E-state index is 15.5. The first-order chi connectivity index (χ1) is 15.0. The summed E-state index contributed by atoms with van der Waals surface area (Å²) in [5, 5.41) is 18.4. The van der Waals surface area contributed by atoms with Crippen LogP contribution in [-0.4, -0.2) is 62.3 Å². The zero-order valence-corrected chi connectivity index (χ0v) is 18.1. The van der Waals surface area contributed by atoms with Crippen molar-refractivity contribution in [3.05, 3.63) is 48.7 Å². The summed E-state index contributed by atoms with van der Waals surface area (Å²) >= 11 is 1.14. The minimum atomic E-state index is -1.06. The molecule has 0 saturated heterocycles. The summed E-state index contributed by atoms with van der Waals surface area (Å²) in [6.45, 7) is 1.89. The number of nitrogens with zero attached hydrogens (tertiary/aromatic N) is 4. The van der Waals surface area contributed by atoms with Crippen molar-refractivity contribution in [2.75, 3.05) is 11.9 Å². The van der Waals surface area contributed by atoms with Crippen molar-refractivity contribution in [3.63, 3.8) is 0 Å². The number of nitrogens with one attached hydrogen (secondary N) is 2. The number of carbonyl (C=O) groups is 2. The molecule has 12 heteroatoms. The van der Waals surface area contributed by atoms with Crippen molar-refractivity contribution in [3.8, 4) is 22.4 Å². The Labute approximate surface area is 197 Å². The van der Waals surface area contributed by atoms with Crippen LogP contribution in [0.3, 0.4) is 0 Å². The second kappa shape index (κ2) is 9.91. The van der Waals surface area contributed by atoms with Crippen LogP contribution in [0.25, 0.3) is 32.6 Å². The number of fused-ring (bicyclic) bond motifs is 1. The monoisotopic (exact) mass is 447 g/mol. The number of aliphatic carboxylic acids is 1. The fourth-order valence-corrected chi connectivity index (χ4v) is 4.04. The number of carboxylic acid groups (broad SMARTS) is 1. The number of carboxylic acids is 1. The first-order valence-corrected chi connectivity index (χ1v) is 10.1. The van der Waals surface area contributed by atoms with Crippen LogP contribution in [0.15, 0.2) is 42.9 Å². The van der Waals surface area contributed by atoms with Crippen molar-refractivity contribution in [1.82, 2.24) is 25.1 Å². The molecule has 159 valence electrons. The largest absolute Gasteiger partial charge is 0.480 e. The molecule has 0 fully saturated rings. The van der Waals surface area contributed by atoms with E-state index in [1.807, 2.05) is 6.07 Å². The van der Waals surface area contributed by atoms with E-state index in [1.165, 1.54) is 17.1 Å². The summed E-state index contributed by atoms with van der Waals surface area (Å²) in [7, 11) is 0. The summed E-state index contributed by atoms with van der Waals surface area (Å²) in [5.41, 5.74) is 1.95. The molecule has 1 radical (unpaired) electrons. The van der Waals surface area contributed by atoms with E-state index in [0.717, 1.165) is 11.3 Å². The molecule has 1 aromatic carbocycles. The molecule has 3 heterocycles. The predicted molar refractivity (Wildman–Crippen MR) is 120 cm³/mol. The second-order valence-electron chi connectivity index (χ2n) is 6.50. The van der Waals surface area contributed by atoms with Crippen molar-refractivity contribution in [1.29, 1.82) is 0 Å². The van der Waals surface area contributed by atoms with E-state index >= 15 is 4.39 Å². The number of thiazole rings is 1. The number of amides is 2. The molecule has 0 aliphatic carbocycles. The van der Waals surface area contributed by atoms with Crippen LogP contribution in [0, 0.1) is 5.82 Å². The molecule has 9 nitrogen and oxygen atoms in total. The van der Waals surface area contributed by atoms with Crippen molar-refractivity contribution >= 4 is 57.5 Å². The average Bonchev–Trinajstić information content (AvgIpc) is 3.36. The molecule has 0 bridgehead atoms. The van der Waals surface area contributed by atoms with E-state index in [0.29, 0.717) is 28.1 Å². The van der Waals surface area contributed by atoms with E-state index in [9.17, 15) is 9.59 Å². The van der Waals surface area contributed by atoms with E-state index < -0.39 is 17.8 Å². The standard InChI is InChI=1S/C20H17FN6O3S.Li/c1-2-22-19(30)26-20-25-17-16(21)12(11-8-24-27(9-11)10-15(28)29)7-13(18(17)31-20)14-5-3-4-6-23-14;/h3-9H,2,10H2,1H3,(H,28,29)(H2,22,25,26,30);. The number of anilines is 1. The Bertz CT molecular complexity index is 1280. The Morgan fingerprint density at radius 3 is 2.78 bits per heavy atom.